The highest BCUT2D eigenvalue weighted by Crippen LogP contribution is 2.31. The lowest BCUT2D eigenvalue weighted by molar-refractivity contribution is -0.121. The molecule has 1 aromatic rings. The quantitative estimate of drug-likeness (QED) is 0.725. The molecule has 0 bridgehead atoms. The normalized spacial score (nSPS) is 25.8. The summed E-state index contributed by atoms with van der Waals surface area (Å²) in [5.41, 5.74) is 2.18. The van der Waals surface area contributed by atoms with Gasteiger partial charge in [-0.1, -0.05) is 24.3 Å². The predicted octanol–water partition coefficient (Wildman–Crippen LogP) is 0.513. The molecule has 0 aromatic heterocycles. The van der Waals surface area contributed by atoms with Gasteiger partial charge in [-0.3, -0.25) is 4.79 Å². The number of amides is 1. The minimum Gasteiger partial charge on any atom is -0.390 e. The maximum absolute atomic E-state index is 11.8. The number of hydrogen-bond donors (Lipinski definition) is 3. The Morgan fingerprint density at radius 1 is 1.33 bits per heavy atom. The molecule has 3 N–H and O–H groups in total. The minimum absolute atomic E-state index is 0.0392. The van der Waals surface area contributed by atoms with E-state index < -0.39 is 6.10 Å². The molecule has 2 aliphatic rings. The maximum atomic E-state index is 11.8. The first kappa shape index (κ1) is 11.7. The van der Waals surface area contributed by atoms with Crippen LogP contribution < -0.4 is 10.6 Å². The zero-order chi connectivity index (χ0) is 12.5. The molecule has 1 saturated carbocycles. The number of carbonyl (C=O) groups excluding carboxylic acids is 1. The van der Waals surface area contributed by atoms with Crippen molar-refractivity contribution >= 4 is 5.91 Å². The summed E-state index contributed by atoms with van der Waals surface area (Å²) in [5.74, 6) is -0.0392. The van der Waals surface area contributed by atoms with Crippen molar-refractivity contribution in [3.63, 3.8) is 0 Å². The molecule has 0 radical (unpaired) electrons. The fourth-order valence-corrected chi connectivity index (χ4v) is 2.50. The number of fused-ring (bicyclic) bond motifs is 1. The van der Waals surface area contributed by atoms with E-state index in [-0.39, 0.29) is 11.9 Å². The highest BCUT2D eigenvalue weighted by molar-refractivity contribution is 5.78. The summed E-state index contributed by atoms with van der Waals surface area (Å²) < 4.78 is 0. The van der Waals surface area contributed by atoms with Gasteiger partial charge in [-0.15, -0.1) is 0 Å². The Morgan fingerprint density at radius 2 is 2.11 bits per heavy atom. The molecule has 0 spiro atoms. The van der Waals surface area contributed by atoms with E-state index in [1.54, 1.807) is 0 Å². The molecule has 4 heteroatoms. The molecule has 96 valence electrons. The van der Waals surface area contributed by atoms with Crippen LogP contribution in [0, 0.1) is 0 Å². The molecule has 0 aliphatic heterocycles. The molecular weight excluding hydrogens is 228 g/mol. The summed E-state index contributed by atoms with van der Waals surface area (Å²) in [4.78, 5) is 11.8. The van der Waals surface area contributed by atoms with Gasteiger partial charge >= 0.3 is 0 Å². The van der Waals surface area contributed by atoms with E-state index in [4.69, 9.17) is 0 Å². The van der Waals surface area contributed by atoms with Crippen LogP contribution in [0.3, 0.4) is 0 Å². The topological polar surface area (TPSA) is 61.4 Å². The highest BCUT2D eigenvalue weighted by atomic mass is 16.3. The molecule has 2 atom stereocenters. The Balaban J connectivity index is 1.62. The van der Waals surface area contributed by atoms with Gasteiger partial charge in [0.25, 0.3) is 0 Å². The Kier molecular flexibility index (Phi) is 3.06. The minimum atomic E-state index is -0.507. The molecule has 2 unspecified atom stereocenters. The van der Waals surface area contributed by atoms with Gasteiger partial charge in [-0.2, -0.15) is 0 Å². The SMILES string of the molecule is O=C(CNC1CC1)NC1c2ccccc2CC1O. The number of rotatable bonds is 4. The lowest BCUT2D eigenvalue weighted by Crippen LogP contribution is -2.39. The lowest BCUT2D eigenvalue weighted by atomic mass is 10.1. The van der Waals surface area contributed by atoms with Crippen LogP contribution >= 0.6 is 0 Å². The van der Waals surface area contributed by atoms with Crippen molar-refractivity contribution in [3.05, 3.63) is 35.4 Å². The van der Waals surface area contributed by atoms with Gasteiger partial charge in [0.1, 0.15) is 0 Å². The first-order valence-corrected chi connectivity index (χ1v) is 6.52. The average Bonchev–Trinajstić information content (AvgIpc) is 3.14. The Morgan fingerprint density at radius 3 is 2.89 bits per heavy atom. The largest absolute Gasteiger partial charge is 0.390 e. The van der Waals surface area contributed by atoms with E-state index in [1.165, 1.54) is 12.8 Å². The van der Waals surface area contributed by atoms with Gasteiger partial charge in [0.2, 0.25) is 5.91 Å². The summed E-state index contributed by atoms with van der Waals surface area (Å²) in [5, 5.41) is 16.1. The van der Waals surface area contributed by atoms with Crippen LogP contribution in [0.25, 0.3) is 0 Å². The summed E-state index contributed by atoms with van der Waals surface area (Å²) in [6.45, 7) is 0.343. The number of aliphatic hydroxyl groups is 1. The van der Waals surface area contributed by atoms with Crippen LogP contribution in [0.1, 0.15) is 30.0 Å². The summed E-state index contributed by atoms with van der Waals surface area (Å²) in [7, 11) is 0. The monoisotopic (exact) mass is 246 g/mol. The third kappa shape index (κ3) is 2.40. The predicted molar refractivity (Wildman–Crippen MR) is 68.1 cm³/mol. The zero-order valence-electron chi connectivity index (χ0n) is 10.2. The Labute approximate surface area is 106 Å². The van der Waals surface area contributed by atoms with Gasteiger partial charge in [-0.05, 0) is 24.0 Å². The van der Waals surface area contributed by atoms with Crippen molar-refractivity contribution in [1.82, 2.24) is 10.6 Å². The maximum Gasteiger partial charge on any atom is 0.234 e. The van der Waals surface area contributed by atoms with Gasteiger partial charge in [0.05, 0.1) is 18.7 Å². The van der Waals surface area contributed by atoms with Gasteiger partial charge < -0.3 is 15.7 Å². The number of benzene rings is 1. The zero-order valence-corrected chi connectivity index (χ0v) is 10.2. The molecular formula is C14H18N2O2. The Hall–Kier alpha value is -1.39. The van der Waals surface area contributed by atoms with Crippen molar-refractivity contribution in [1.29, 1.82) is 0 Å². The Bertz CT molecular complexity index is 457. The third-order valence-corrected chi connectivity index (χ3v) is 3.65. The van der Waals surface area contributed by atoms with Gasteiger partial charge in [0.15, 0.2) is 0 Å². The lowest BCUT2D eigenvalue weighted by Gasteiger charge is -2.18. The fourth-order valence-electron chi connectivity index (χ4n) is 2.50. The molecule has 0 heterocycles. The van der Waals surface area contributed by atoms with Gasteiger partial charge in [0, 0.05) is 12.5 Å². The van der Waals surface area contributed by atoms with Crippen molar-refractivity contribution < 1.29 is 9.90 Å². The van der Waals surface area contributed by atoms with Crippen LogP contribution in [-0.2, 0) is 11.2 Å². The van der Waals surface area contributed by atoms with Crippen LogP contribution in [-0.4, -0.2) is 29.7 Å². The van der Waals surface area contributed by atoms with Crippen LogP contribution in [0.2, 0.25) is 0 Å². The summed E-state index contributed by atoms with van der Waals surface area (Å²) in [6, 6.07) is 8.16. The molecule has 3 rings (SSSR count). The second-order valence-corrected chi connectivity index (χ2v) is 5.17. The van der Waals surface area contributed by atoms with E-state index in [2.05, 4.69) is 10.6 Å². The third-order valence-electron chi connectivity index (χ3n) is 3.65. The van der Waals surface area contributed by atoms with E-state index in [1.807, 2.05) is 24.3 Å². The highest BCUT2D eigenvalue weighted by Gasteiger charge is 2.32. The first-order chi connectivity index (χ1) is 8.74. The van der Waals surface area contributed by atoms with Crippen LogP contribution in [0.15, 0.2) is 24.3 Å². The van der Waals surface area contributed by atoms with Crippen molar-refractivity contribution in [3.8, 4) is 0 Å². The van der Waals surface area contributed by atoms with E-state index in [0.717, 1.165) is 11.1 Å². The van der Waals surface area contributed by atoms with E-state index in [0.29, 0.717) is 19.0 Å². The molecule has 4 nitrogen and oxygen atoms in total. The number of hydrogen-bond acceptors (Lipinski definition) is 3. The number of aliphatic hydroxyl groups excluding tert-OH is 1. The molecule has 1 aromatic carbocycles. The molecule has 18 heavy (non-hydrogen) atoms. The second kappa shape index (κ2) is 4.71. The molecule has 2 aliphatic carbocycles. The standard InChI is InChI=1S/C14H18N2O2/c17-12-7-9-3-1-2-4-11(9)14(12)16-13(18)8-15-10-5-6-10/h1-4,10,12,14-15,17H,5-8H2,(H,16,18). The molecule has 1 fully saturated rings. The van der Waals surface area contributed by atoms with E-state index in [9.17, 15) is 9.90 Å². The second-order valence-electron chi connectivity index (χ2n) is 5.17. The smallest absolute Gasteiger partial charge is 0.234 e. The van der Waals surface area contributed by atoms with Crippen molar-refractivity contribution in [2.45, 2.75) is 37.5 Å². The van der Waals surface area contributed by atoms with Crippen molar-refractivity contribution in [2.24, 2.45) is 0 Å². The van der Waals surface area contributed by atoms with Crippen LogP contribution in [0.5, 0.6) is 0 Å². The summed E-state index contributed by atoms with van der Waals surface area (Å²) in [6.07, 6.45) is 2.45. The summed E-state index contributed by atoms with van der Waals surface area (Å²) >= 11 is 0. The molecule has 1 amide bonds. The first-order valence-electron chi connectivity index (χ1n) is 6.52. The van der Waals surface area contributed by atoms with Crippen LogP contribution in [0.4, 0.5) is 0 Å². The van der Waals surface area contributed by atoms with Gasteiger partial charge in [-0.25, -0.2) is 0 Å². The number of carbonyl (C=O) groups is 1. The van der Waals surface area contributed by atoms with Crippen molar-refractivity contribution in [2.75, 3.05) is 6.54 Å². The number of nitrogens with one attached hydrogen (secondary N) is 2. The van der Waals surface area contributed by atoms with E-state index >= 15 is 0 Å². The average molecular weight is 246 g/mol. The fraction of sp³-hybridized carbons (Fsp3) is 0.500. The molecule has 0 saturated heterocycles.